The van der Waals surface area contributed by atoms with Crippen LogP contribution in [-0.2, 0) is 11.2 Å². The zero-order valence-corrected chi connectivity index (χ0v) is 21.7. The summed E-state index contributed by atoms with van der Waals surface area (Å²) in [6.45, 7) is 8.59. The molecule has 1 aliphatic rings. The van der Waals surface area contributed by atoms with Crippen molar-refractivity contribution in [1.29, 1.82) is 0 Å². The van der Waals surface area contributed by atoms with E-state index in [1.165, 1.54) is 0 Å². The second kappa shape index (κ2) is 13.2. The minimum absolute atomic E-state index is 0.0258. The number of hydrogen-bond donors (Lipinski definition) is 0. The van der Waals surface area contributed by atoms with Crippen LogP contribution in [0.1, 0.15) is 62.4 Å². The number of carbonyl (C=O) groups excluding carboxylic acids is 2. The molecule has 0 saturated heterocycles. The summed E-state index contributed by atoms with van der Waals surface area (Å²) in [5, 5.41) is 0. The Morgan fingerprint density at radius 3 is 2.40 bits per heavy atom. The first-order valence-electron chi connectivity index (χ1n) is 12.9. The van der Waals surface area contributed by atoms with Crippen molar-refractivity contribution in [3.8, 4) is 11.5 Å². The van der Waals surface area contributed by atoms with Crippen molar-refractivity contribution in [2.75, 3.05) is 33.4 Å². The SMILES string of the molecule is CCOc1ccc(CC(=O)N2CCCCCCN(C)C(=O)c3ccccc3OC[C@@H]2C(C)C)cc1. The standard InChI is InChI=1S/C29H40N2O4/c1-5-34-24-16-14-23(15-17-24)20-28(32)31-19-11-7-6-10-18-30(4)29(33)25-12-8-9-13-27(25)35-21-26(31)22(2)3/h8-9,12-17,22,26H,5-7,10-11,18-21H2,1-4H3/t26-/m1/s1. The molecule has 0 unspecified atom stereocenters. The molecule has 0 saturated carbocycles. The Kier molecular flexibility index (Phi) is 10.0. The van der Waals surface area contributed by atoms with Crippen molar-refractivity contribution in [2.24, 2.45) is 5.92 Å². The number of benzene rings is 2. The molecule has 6 nitrogen and oxygen atoms in total. The van der Waals surface area contributed by atoms with Gasteiger partial charge in [0.05, 0.1) is 24.6 Å². The van der Waals surface area contributed by atoms with Crippen molar-refractivity contribution in [1.82, 2.24) is 9.80 Å². The van der Waals surface area contributed by atoms with Gasteiger partial charge in [0, 0.05) is 20.1 Å². The van der Waals surface area contributed by atoms with Gasteiger partial charge in [-0.05, 0) is 55.5 Å². The first-order chi connectivity index (χ1) is 16.9. The van der Waals surface area contributed by atoms with Gasteiger partial charge in [0.1, 0.15) is 18.1 Å². The minimum Gasteiger partial charge on any atom is -0.494 e. The summed E-state index contributed by atoms with van der Waals surface area (Å²) in [4.78, 5) is 30.4. The molecule has 2 aromatic carbocycles. The number of nitrogens with zero attached hydrogens (tertiary/aromatic N) is 2. The predicted molar refractivity (Wildman–Crippen MR) is 139 cm³/mol. The van der Waals surface area contributed by atoms with Crippen LogP contribution in [0.3, 0.4) is 0 Å². The highest BCUT2D eigenvalue weighted by molar-refractivity contribution is 5.96. The Bertz CT molecular complexity index is 957. The summed E-state index contributed by atoms with van der Waals surface area (Å²) in [5.41, 5.74) is 1.54. The van der Waals surface area contributed by atoms with Crippen LogP contribution in [0.15, 0.2) is 48.5 Å². The number of amides is 2. The largest absolute Gasteiger partial charge is 0.494 e. The Hall–Kier alpha value is -3.02. The van der Waals surface area contributed by atoms with Gasteiger partial charge < -0.3 is 19.3 Å². The van der Waals surface area contributed by atoms with Gasteiger partial charge in [-0.3, -0.25) is 9.59 Å². The molecule has 190 valence electrons. The lowest BCUT2D eigenvalue weighted by Gasteiger charge is -2.35. The highest BCUT2D eigenvalue weighted by Crippen LogP contribution is 2.23. The molecule has 0 aromatic heterocycles. The molecule has 6 heteroatoms. The Morgan fingerprint density at radius 2 is 1.71 bits per heavy atom. The van der Waals surface area contributed by atoms with E-state index in [0.29, 0.717) is 44.0 Å². The van der Waals surface area contributed by atoms with Crippen molar-refractivity contribution in [3.05, 3.63) is 59.7 Å². The van der Waals surface area contributed by atoms with E-state index < -0.39 is 0 Å². The van der Waals surface area contributed by atoms with E-state index in [2.05, 4.69) is 13.8 Å². The number of fused-ring (bicyclic) bond motifs is 1. The normalized spacial score (nSPS) is 18.0. The van der Waals surface area contributed by atoms with E-state index >= 15 is 0 Å². The van der Waals surface area contributed by atoms with E-state index in [4.69, 9.17) is 9.47 Å². The quantitative estimate of drug-likeness (QED) is 0.590. The first-order valence-corrected chi connectivity index (χ1v) is 12.9. The van der Waals surface area contributed by atoms with E-state index in [1.807, 2.05) is 67.4 Å². The average molecular weight is 481 g/mol. The monoisotopic (exact) mass is 480 g/mol. The summed E-state index contributed by atoms with van der Waals surface area (Å²) in [5.74, 6) is 1.67. The second-order valence-corrected chi connectivity index (χ2v) is 9.60. The molecule has 2 amide bonds. The smallest absolute Gasteiger partial charge is 0.257 e. The fraction of sp³-hybridized carbons (Fsp3) is 0.517. The maximum absolute atomic E-state index is 13.6. The lowest BCUT2D eigenvalue weighted by molar-refractivity contribution is -0.134. The summed E-state index contributed by atoms with van der Waals surface area (Å²) in [6.07, 6.45) is 4.28. The Morgan fingerprint density at radius 1 is 1.03 bits per heavy atom. The maximum atomic E-state index is 13.6. The Balaban J connectivity index is 1.82. The molecule has 0 aliphatic carbocycles. The molecular weight excluding hydrogens is 440 g/mol. The molecule has 2 aromatic rings. The van der Waals surface area contributed by atoms with Crippen molar-refractivity contribution in [3.63, 3.8) is 0 Å². The van der Waals surface area contributed by atoms with Gasteiger partial charge in [0.25, 0.3) is 5.91 Å². The molecule has 35 heavy (non-hydrogen) atoms. The van der Waals surface area contributed by atoms with Crippen LogP contribution in [0, 0.1) is 5.92 Å². The van der Waals surface area contributed by atoms with Gasteiger partial charge in [-0.25, -0.2) is 0 Å². The van der Waals surface area contributed by atoms with E-state index in [9.17, 15) is 9.59 Å². The summed E-state index contributed by atoms with van der Waals surface area (Å²) in [6, 6.07) is 15.1. The minimum atomic E-state index is -0.0889. The van der Waals surface area contributed by atoms with Gasteiger partial charge >= 0.3 is 0 Å². The lowest BCUT2D eigenvalue weighted by atomic mass is 10.0. The third-order valence-electron chi connectivity index (χ3n) is 6.60. The van der Waals surface area contributed by atoms with Crippen LogP contribution >= 0.6 is 0 Å². The summed E-state index contributed by atoms with van der Waals surface area (Å²) < 4.78 is 11.8. The third kappa shape index (κ3) is 7.48. The molecule has 0 bridgehead atoms. The topological polar surface area (TPSA) is 59.1 Å². The summed E-state index contributed by atoms with van der Waals surface area (Å²) in [7, 11) is 1.85. The average Bonchev–Trinajstić information content (AvgIpc) is 2.85. The fourth-order valence-corrected chi connectivity index (χ4v) is 4.50. The molecule has 0 spiro atoms. The molecule has 0 N–H and O–H groups in total. The molecular formula is C29H40N2O4. The highest BCUT2D eigenvalue weighted by Gasteiger charge is 2.28. The Labute approximate surface area is 210 Å². The van der Waals surface area contributed by atoms with Crippen LogP contribution in [0.5, 0.6) is 11.5 Å². The van der Waals surface area contributed by atoms with Crippen LogP contribution in [0.25, 0.3) is 0 Å². The van der Waals surface area contributed by atoms with Gasteiger partial charge in [0.2, 0.25) is 5.91 Å². The molecule has 1 aliphatic heterocycles. The second-order valence-electron chi connectivity index (χ2n) is 9.60. The van der Waals surface area contributed by atoms with Crippen molar-refractivity contribution >= 4 is 11.8 Å². The number of rotatable bonds is 5. The number of carbonyl (C=O) groups is 2. The third-order valence-corrected chi connectivity index (χ3v) is 6.60. The lowest BCUT2D eigenvalue weighted by Crippen LogP contribution is -2.48. The molecule has 1 atom stereocenters. The number of para-hydroxylation sites is 1. The number of ether oxygens (including phenoxy) is 2. The predicted octanol–water partition coefficient (Wildman–Crippen LogP) is 5.21. The van der Waals surface area contributed by atoms with Gasteiger partial charge in [-0.2, -0.15) is 0 Å². The van der Waals surface area contributed by atoms with Crippen LogP contribution in [-0.4, -0.2) is 61.0 Å². The molecule has 1 heterocycles. The van der Waals surface area contributed by atoms with Crippen molar-refractivity contribution < 1.29 is 19.1 Å². The zero-order chi connectivity index (χ0) is 25.2. The number of hydrogen-bond acceptors (Lipinski definition) is 4. The van der Waals surface area contributed by atoms with Crippen LogP contribution in [0.2, 0.25) is 0 Å². The summed E-state index contributed by atoms with van der Waals surface area (Å²) >= 11 is 0. The van der Waals surface area contributed by atoms with Gasteiger partial charge in [-0.1, -0.05) is 51.0 Å². The highest BCUT2D eigenvalue weighted by atomic mass is 16.5. The molecule has 0 fully saturated rings. The fourth-order valence-electron chi connectivity index (χ4n) is 4.50. The zero-order valence-electron chi connectivity index (χ0n) is 21.7. The molecule has 0 radical (unpaired) electrons. The van der Waals surface area contributed by atoms with Gasteiger partial charge in [0.15, 0.2) is 0 Å². The first kappa shape index (κ1) is 26.6. The maximum Gasteiger partial charge on any atom is 0.257 e. The van der Waals surface area contributed by atoms with Gasteiger partial charge in [-0.15, -0.1) is 0 Å². The van der Waals surface area contributed by atoms with E-state index in [-0.39, 0.29) is 23.8 Å². The van der Waals surface area contributed by atoms with Crippen LogP contribution < -0.4 is 9.47 Å². The van der Waals surface area contributed by atoms with E-state index in [0.717, 1.165) is 37.0 Å². The van der Waals surface area contributed by atoms with E-state index in [1.54, 1.807) is 4.90 Å². The van der Waals surface area contributed by atoms with Crippen LogP contribution in [0.4, 0.5) is 0 Å². The molecule has 3 rings (SSSR count). The van der Waals surface area contributed by atoms with Crippen molar-refractivity contribution in [2.45, 2.75) is 58.9 Å².